The molecule has 0 saturated carbocycles. The summed E-state index contributed by atoms with van der Waals surface area (Å²) in [5.74, 6) is -0.928. The van der Waals surface area contributed by atoms with Gasteiger partial charge in [0.05, 0.1) is 30.4 Å². The number of rotatable bonds is 6. The molecule has 8 nitrogen and oxygen atoms in total. The third-order valence-corrected chi connectivity index (χ3v) is 5.78. The van der Waals surface area contributed by atoms with E-state index in [1.165, 1.54) is 12.1 Å². The van der Waals surface area contributed by atoms with Crippen molar-refractivity contribution in [1.29, 1.82) is 0 Å². The van der Waals surface area contributed by atoms with Crippen molar-refractivity contribution in [3.63, 3.8) is 0 Å². The SMILES string of the molecule is CCOc1ccccc1C(=O)NN1C(=O)c2cc(Br)ccc2N[C@H]1c1ccc(C(=O)OC)cc1. The lowest BCUT2D eigenvalue weighted by Gasteiger charge is -2.38. The minimum absolute atomic E-state index is 0.303. The van der Waals surface area contributed by atoms with Gasteiger partial charge >= 0.3 is 5.97 Å². The van der Waals surface area contributed by atoms with Gasteiger partial charge in [0.15, 0.2) is 0 Å². The Morgan fingerprint density at radius 1 is 1.09 bits per heavy atom. The topological polar surface area (TPSA) is 97.0 Å². The minimum Gasteiger partial charge on any atom is -0.493 e. The Morgan fingerprint density at radius 2 is 1.82 bits per heavy atom. The van der Waals surface area contributed by atoms with Gasteiger partial charge in [-0.2, -0.15) is 0 Å². The van der Waals surface area contributed by atoms with Crippen molar-refractivity contribution in [1.82, 2.24) is 10.4 Å². The number of esters is 1. The van der Waals surface area contributed by atoms with E-state index < -0.39 is 18.0 Å². The number of nitrogens with one attached hydrogen (secondary N) is 2. The molecule has 3 aromatic carbocycles. The van der Waals surface area contributed by atoms with Crippen LogP contribution >= 0.6 is 15.9 Å². The third-order valence-electron chi connectivity index (χ3n) is 5.28. The molecule has 0 unspecified atom stereocenters. The molecule has 1 heterocycles. The highest BCUT2D eigenvalue weighted by Gasteiger charge is 2.35. The second-order valence-electron chi connectivity index (χ2n) is 7.40. The number of para-hydroxylation sites is 1. The lowest BCUT2D eigenvalue weighted by Crippen LogP contribution is -2.53. The summed E-state index contributed by atoms with van der Waals surface area (Å²) in [6.07, 6.45) is -0.726. The molecule has 0 saturated heterocycles. The summed E-state index contributed by atoms with van der Waals surface area (Å²) in [5.41, 5.74) is 5.09. The second-order valence-corrected chi connectivity index (χ2v) is 8.31. The number of amides is 2. The van der Waals surface area contributed by atoms with Crippen LogP contribution in [-0.2, 0) is 4.74 Å². The number of nitrogens with zero attached hydrogens (tertiary/aromatic N) is 1. The van der Waals surface area contributed by atoms with Crippen LogP contribution in [0, 0.1) is 0 Å². The summed E-state index contributed by atoms with van der Waals surface area (Å²) in [5, 5.41) is 4.55. The van der Waals surface area contributed by atoms with Gasteiger partial charge in [0.2, 0.25) is 0 Å². The summed E-state index contributed by atoms with van der Waals surface area (Å²) < 4.78 is 11.1. The number of hydrogen-bond donors (Lipinski definition) is 2. The molecule has 9 heteroatoms. The number of ether oxygens (including phenoxy) is 2. The standard InChI is InChI=1S/C25H22BrN3O5/c1-3-34-21-7-5-4-6-18(21)23(30)28-29-22(15-8-10-16(11-9-15)25(32)33-2)27-20-13-12-17(26)14-19(20)24(29)31/h4-14,22,27H,3H2,1-2H3,(H,28,30)/t22-/m1/s1. The number of hydrogen-bond acceptors (Lipinski definition) is 6. The van der Waals surface area contributed by atoms with E-state index in [4.69, 9.17) is 9.47 Å². The Kier molecular flexibility index (Phi) is 6.83. The average Bonchev–Trinajstić information content (AvgIpc) is 2.86. The first-order valence-electron chi connectivity index (χ1n) is 10.5. The Morgan fingerprint density at radius 3 is 2.53 bits per heavy atom. The molecule has 1 aliphatic heterocycles. The van der Waals surface area contributed by atoms with Crippen molar-refractivity contribution in [3.8, 4) is 5.75 Å². The summed E-state index contributed by atoms with van der Waals surface area (Å²) >= 11 is 3.39. The van der Waals surface area contributed by atoms with Gasteiger partial charge in [-0.15, -0.1) is 0 Å². The van der Waals surface area contributed by atoms with Crippen molar-refractivity contribution in [2.24, 2.45) is 0 Å². The van der Waals surface area contributed by atoms with E-state index in [-0.39, 0.29) is 5.91 Å². The summed E-state index contributed by atoms with van der Waals surface area (Å²) in [7, 11) is 1.31. The molecule has 0 aliphatic carbocycles. The summed E-state index contributed by atoms with van der Waals surface area (Å²) in [6, 6.07) is 18.7. The van der Waals surface area contributed by atoms with Gasteiger partial charge in [-0.1, -0.05) is 40.2 Å². The van der Waals surface area contributed by atoms with Crippen LogP contribution < -0.4 is 15.5 Å². The quantitative estimate of drug-likeness (QED) is 0.460. The van der Waals surface area contributed by atoms with Crippen molar-refractivity contribution in [2.45, 2.75) is 13.1 Å². The van der Waals surface area contributed by atoms with Gasteiger partial charge < -0.3 is 14.8 Å². The number of benzene rings is 3. The van der Waals surface area contributed by atoms with Crippen LogP contribution in [0.2, 0.25) is 0 Å². The maximum atomic E-state index is 13.5. The van der Waals surface area contributed by atoms with Gasteiger partial charge in [0.25, 0.3) is 11.8 Å². The van der Waals surface area contributed by atoms with Gasteiger partial charge in [0.1, 0.15) is 11.9 Å². The highest BCUT2D eigenvalue weighted by molar-refractivity contribution is 9.10. The predicted octanol–water partition coefficient (Wildman–Crippen LogP) is 4.55. The molecule has 34 heavy (non-hydrogen) atoms. The number of carbonyl (C=O) groups excluding carboxylic acids is 3. The fourth-order valence-electron chi connectivity index (χ4n) is 3.65. The molecule has 4 rings (SSSR count). The molecular formula is C25H22BrN3O5. The fourth-order valence-corrected chi connectivity index (χ4v) is 4.01. The maximum Gasteiger partial charge on any atom is 0.337 e. The first-order chi connectivity index (χ1) is 16.4. The number of carbonyl (C=O) groups is 3. The molecule has 3 aromatic rings. The van der Waals surface area contributed by atoms with Crippen LogP contribution in [0.25, 0.3) is 0 Å². The van der Waals surface area contributed by atoms with Crippen LogP contribution in [0.4, 0.5) is 5.69 Å². The lowest BCUT2D eigenvalue weighted by molar-refractivity contribution is 0.0489. The molecule has 0 radical (unpaired) electrons. The zero-order valence-corrected chi connectivity index (χ0v) is 20.1. The van der Waals surface area contributed by atoms with Crippen LogP contribution in [0.15, 0.2) is 71.2 Å². The zero-order chi connectivity index (χ0) is 24.2. The third kappa shape index (κ3) is 4.60. The van der Waals surface area contributed by atoms with E-state index in [9.17, 15) is 14.4 Å². The van der Waals surface area contributed by atoms with Crippen molar-refractivity contribution in [2.75, 3.05) is 19.0 Å². The van der Waals surface area contributed by atoms with Crippen LogP contribution in [-0.4, -0.2) is 36.5 Å². The van der Waals surface area contributed by atoms with E-state index >= 15 is 0 Å². The smallest absolute Gasteiger partial charge is 0.337 e. The predicted molar refractivity (Wildman–Crippen MR) is 130 cm³/mol. The zero-order valence-electron chi connectivity index (χ0n) is 18.5. The average molecular weight is 524 g/mol. The monoisotopic (exact) mass is 523 g/mol. The van der Waals surface area contributed by atoms with Gasteiger partial charge in [-0.25, -0.2) is 9.80 Å². The van der Waals surface area contributed by atoms with E-state index in [0.717, 1.165) is 4.47 Å². The van der Waals surface area contributed by atoms with Crippen molar-refractivity contribution < 1.29 is 23.9 Å². The van der Waals surface area contributed by atoms with Crippen LogP contribution in [0.1, 0.15) is 49.7 Å². The molecule has 0 fully saturated rings. The first kappa shape index (κ1) is 23.3. The molecule has 2 amide bonds. The number of fused-ring (bicyclic) bond motifs is 1. The van der Waals surface area contributed by atoms with E-state index in [1.807, 2.05) is 13.0 Å². The number of methoxy groups -OCH3 is 1. The van der Waals surface area contributed by atoms with Gasteiger partial charge in [0, 0.05) is 10.2 Å². The van der Waals surface area contributed by atoms with Crippen LogP contribution in [0.5, 0.6) is 5.75 Å². The largest absolute Gasteiger partial charge is 0.493 e. The number of anilines is 1. The highest BCUT2D eigenvalue weighted by Crippen LogP contribution is 2.34. The molecule has 0 bridgehead atoms. The van der Waals surface area contributed by atoms with Gasteiger partial charge in [-0.05, 0) is 55.0 Å². The Balaban J connectivity index is 1.71. The van der Waals surface area contributed by atoms with E-state index in [1.54, 1.807) is 60.7 Å². The first-order valence-corrected chi connectivity index (χ1v) is 11.3. The maximum absolute atomic E-state index is 13.5. The minimum atomic E-state index is -0.726. The molecule has 1 atom stereocenters. The lowest BCUT2D eigenvalue weighted by atomic mass is 10.0. The molecule has 0 spiro atoms. The molecule has 1 aliphatic rings. The number of halogens is 1. The highest BCUT2D eigenvalue weighted by atomic mass is 79.9. The summed E-state index contributed by atoms with van der Waals surface area (Å²) in [4.78, 5) is 38.5. The fraction of sp³-hybridized carbons (Fsp3) is 0.160. The Hall–Kier alpha value is -3.85. The van der Waals surface area contributed by atoms with E-state index in [0.29, 0.717) is 40.3 Å². The van der Waals surface area contributed by atoms with Crippen LogP contribution in [0.3, 0.4) is 0 Å². The normalized spacial score (nSPS) is 14.6. The van der Waals surface area contributed by atoms with Crippen molar-refractivity contribution in [3.05, 3.63) is 93.5 Å². The molecular weight excluding hydrogens is 502 g/mol. The molecule has 2 N–H and O–H groups in total. The van der Waals surface area contributed by atoms with E-state index in [2.05, 4.69) is 26.7 Å². The second kappa shape index (κ2) is 9.96. The Bertz CT molecular complexity index is 1250. The Labute approximate surface area is 205 Å². The summed E-state index contributed by atoms with van der Waals surface area (Å²) in [6.45, 7) is 2.22. The number of hydrazine groups is 1. The van der Waals surface area contributed by atoms with Gasteiger partial charge in [-0.3, -0.25) is 15.0 Å². The molecule has 0 aromatic heterocycles. The van der Waals surface area contributed by atoms with Crippen molar-refractivity contribution >= 4 is 39.4 Å². The molecule has 174 valence electrons.